The highest BCUT2D eigenvalue weighted by Gasteiger charge is 2.24. The molecule has 6 amide bonds. The Hall–Kier alpha value is -4.32. The van der Waals surface area contributed by atoms with Crippen LogP contribution in [0.2, 0.25) is 0 Å². The summed E-state index contributed by atoms with van der Waals surface area (Å²) in [6.45, 7) is 8.16. The summed E-state index contributed by atoms with van der Waals surface area (Å²) in [5.74, 6) is -1.26. The van der Waals surface area contributed by atoms with Crippen LogP contribution >= 0.6 is 0 Å². The van der Waals surface area contributed by atoms with Crippen LogP contribution in [-0.4, -0.2) is 96.6 Å². The Bertz CT molecular complexity index is 1300. The Kier molecular flexibility index (Phi) is 9.43. The van der Waals surface area contributed by atoms with E-state index in [4.69, 9.17) is 0 Å². The van der Waals surface area contributed by atoms with Crippen LogP contribution in [0.25, 0.3) is 0 Å². The zero-order chi connectivity index (χ0) is 28.6. The molecule has 0 aromatic heterocycles. The van der Waals surface area contributed by atoms with E-state index in [2.05, 4.69) is 25.8 Å². The fraction of sp³-hybridized carbons (Fsp3) is 0.393. The third-order valence-corrected chi connectivity index (χ3v) is 6.64. The molecule has 3 N–H and O–H groups in total. The fourth-order valence-electron chi connectivity index (χ4n) is 4.57. The standard InChI is InChI=1S/C28H34FN7O4/c1-19(2)32-25(37)21-5-3-4-20(16-21)18-34-12-14-35(15-13-34)26(38)22-6-7-24(23(29)17-22)33-27(39)30-8-10-36-11-9-31-28(36)40/h3-7,16-17H,8-15,18H2,1-2H3,(H,31,40)(H2,30,33,39). The maximum absolute atomic E-state index is 14.7. The summed E-state index contributed by atoms with van der Waals surface area (Å²) in [4.78, 5) is 58.4. The maximum atomic E-state index is 14.7. The van der Waals surface area contributed by atoms with Crippen molar-refractivity contribution in [1.29, 1.82) is 0 Å². The fourth-order valence-corrected chi connectivity index (χ4v) is 4.57. The number of piperazine rings is 1. The van der Waals surface area contributed by atoms with Gasteiger partial charge in [0.25, 0.3) is 11.8 Å². The largest absolute Gasteiger partial charge is 0.336 e. The van der Waals surface area contributed by atoms with Gasteiger partial charge in [-0.15, -0.1) is 0 Å². The highest BCUT2D eigenvalue weighted by Crippen LogP contribution is 2.19. The second-order valence-electron chi connectivity index (χ2n) is 9.93. The van der Waals surface area contributed by atoms with Crippen LogP contribution in [0.4, 0.5) is 19.7 Å². The van der Waals surface area contributed by atoms with Gasteiger partial charge in [-0.1, -0.05) is 12.1 Å². The number of hydrogen-bond donors (Lipinski definition) is 3. The molecule has 0 spiro atoms. The molecule has 2 saturated heterocycles. The van der Waals surface area contributed by atoms with Crippen molar-refractivity contribution < 1.29 is 23.6 Å². The molecule has 2 aromatic carbocycles. The average molecular weight is 552 g/mol. The van der Waals surface area contributed by atoms with Gasteiger partial charge >= 0.3 is 12.1 Å². The van der Waals surface area contributed by atoms with Crippen LogP contribution in [0.15, 0.2) is 47.5 Å². The minimum atomic E-state index is -0.712. The van der Waals surface area contributed by atoms with Crippen LogP contribution < -0.4 is 16.0 Å². The summed E-state index contributed by atoms with van der Waals surface area (Å²) in [5.41, 5.74) is 2.40. The second kappa shape index (κ2) is 13.2. The molecule has 40 heavy (non-hydrogen) atoms. The van der Waals surface area contributed by atoms with Gasteiger partial charge in [0.05, 0.1) is 5.69 Å². The van der Waals surface area contributed by atoms with E-state index in [1.54, 1.807) is 29.7 Å². The first-order chi connectivity index (χ1) is 19.2. The number of aliphatic imine (C=N–C) groups is 1. The van der Waals surface area contributed by atoms with E-state index < -0.39 is 11.8 Å². The van der Waals surface area contributed by atoms with Crippen molar-refractivity contribution in [2.75, 3.05) is 57.7 Å². The molecule has 12 heteroatoms. The number of urea groups is 2. The normalized spacial score (nSPS) is 15.4. The zero-order valence-corrected chi connectivity index (χ0v) is 22.7. The SMILES string of the molecule is CC(C)=NC(=O)c1cccc(CN2CCN(C(=O)c3ccc(NC(=O)NCCN4CCNC4=O)c(F)c3)CC2)c1. The lowest BCUT2D eigenvalue weighted by Gasteiger charge is -2.35. The van der Waals surface area contributed by atoms with Gasteiger partial charge in [0.2, 0.25) is 0 Å². The summed E-state index contributed by atoms with van der Waals surface area (Å²) < 4.78 is 14.7. The molecule has 2 aromatic rings. The third kappa shape index (κ3) is 7.63. The summed E-state index contributed by atoms with van der Waals surface area (Å²) in [5, 5.41) is 7.71. The van der Waals surface area contributed by atoms with Crippen molar-refractivity contribution in [1.82, 2.24) is 25.3 Å². The first-order valence-corrected chi connectivity index (χ1v) is 13.2. The van der Waals surface area contributed by atoms with Crippen LogP contribution in [0.1, 0.15) is 40.1 Å². The molecular formula is C28H34FN7O4. The van der Waals surface area contributed by atoms with Crippen molar-refractivity contribution in [3.63, 3.8) is 0 Å². The first kappa shape index (κ1) is 28.7. The first-order valence-electron chi connectivity index (χ1n) is 13.2. The van der Waals surface area contributed by atoms with E-state index in [-0.39, 0.29) is 35.6 Å². The van der Waals surface area contributed by atoms with Crippen LogP contribution in [0.5, 0.6) is 0 Å². The Balaban J connectivity index is 1.25. The van der Waals surface area contributed by atoms with Gasteiger partial charge in [0, 0.05) is 75.7 Å². The van der Waals surface area contributed by atoms with E-state index in [9.17, 15) is 23.6 Å². The predicted octanol–water partition coefficient (Wildman–Crippen LogP) is 2.55. The monoisotopic (exact) mass is 551 g/mol. The highest BCUT2D eigenvalue weighted by atomic mass is 19.1. The van der Waals surface area contributed by atoms with Crippen molar-refractivity contribution in [2.24, 2.45) is 4.99 Å². The molecule has 0 bridgehead atoms. The number of carbonyl (C=O) groups is 4. The van der Waals surface area contributed by atoms with Crippen molar-refractivity contribution in [2.45, 2.75) is 20.4 Å². The number of rotatable bonds is 8. The molecule has 0 saturated carbocycles. The van der Waals surface area contributed by atoms with Gasteiger partial charge in [-0.05, 0) is 49.7 Å². The number of carbonyl (C=O) groups excluding carboxylic acids is 4. The lowest BCUT2D eigenvalue weighted by atomic mass is 10.1. The van der Waals surface area contributed by atoms with Crippen molar-refractivity contribution >= 4 is 35.3 Å². The van der Waals surface area contributed by atoms with Crippen molar-refractivity contribution in [3.8, 4) is 0 Å². The minimum absolute atomic E-state index is 0.0433. The van der Waals surface area contributed by atoms with E-state index in [1.807, 2.05) is 18.2 Å². The van der Waals surface area contributed by atoms with Crippen molar-refractivity contribution in [3.05, 3.63) is 65.0 Å². The van der Waals surface area contributed by atoms with Gasteiger partial charge in [0.1, 0.15) is 5.82 Å². The quantitative estimate of drug-likeness (QED) is 0.435. The molecule has 212 valence electrons. The molecule has 11 nitrogen and oxygen atoms in total. The second-order valence-corrected chi connectivity index (χ2v) is 9.93. The van der Waals surface area contributed by atoms with Gasteiger partial charge in [-0.2, -0.15) is 0 Å². The zero-order valence-electron chi connectivity index (χ0n) is 22.7. The van der Waals surface area contributed by atoms with Gasteiger partial charge in [-0.25, -0.2) is 19.0 Å². The number of halogens is 1. The molecule has 2 fully saturated rings. The maximum Gasteiger partial charge on any atom is 0.319 e. The Morgan fingerprint density at radius 2 is 1.77 bits per heavy atom. The molecule has 4 rings (SSSR count). The van der Waals surface area contributed by atoms with Crippen LogP contribution in [0.3, 0.4) is 0 Å². The minimum Gasteiger partial charge on any atom is -0.336 e. The molecule has 0 radical (unpaired) electrons. The molecule has 0 unspecified atom stereocenters. The van der Waals surface area contributed by atoms with Crippen LogP contribution in [0, 0.1) is 5.82 Å². The summed E-state index contributed by atoms with van der Waals surface area (Å²) in [6, 6.07) is 10.6. The third-order valence-electron chi connectivity index (χ3n) is 6.64. The lowest BCUT2D eigenvalue weighted by Crippen LogP contribution is -2.48. The molecule has 2 aliphatic heterocycles. The van der Waals surface area contributed by atoms with Crippen LogP contribution in [-0.2, 0) is 6.54 Å². The smallest absolute Gasteiger partial charge is 0.319 e. The highest BCUT2D eigenvalue weighted by molar-refractivity contribution is 6.02. The Labute approximate surface area is 232 Å². The lowest BCUT2D eigenvalue weighted by molar-refractivity contribution is 0.0627. The number of benzene rings is 2. The molecule has 0 atom stereocenters. The molecule has 2 heterocycles. The van der Waals surface area contributed by atoms with Gasteiger partial charge < -0.3 is 25.8 Å². The van der Waals surface area contributed by atoms with Gasteiger partial charge in [-0.3, -0.25) is 14.5 Å². The van der Waals surface area contributed by atoms with E-state index >= 15 is 0 Å². The predicted molar refractivity (Wildman–Crippen MR) is 149 cm³/mol. The summed E-state index contributed by atoms with van der Waals surface area (Å²) >= 11 is 0. The number of amides is 6. The molecule has 0 aliphatic carbocycles. The van der Waals surface area contributed by atoms with Gasteiger partial charge in [0.15, 0.2) is 0 Å². The molecular weight excluding hydrogens is 517 g/mol. The summed E-state index contributed by atoms with van der Waals surface area (Å²) in [7, 11) is 0. The van der Waals surface area contributed by atoms with E-state index in [0.717, 1.165) is 11.6 Å². The topological polar surface area (TPSA) is 126 Å². The number of nitrogens with zero attached hydrogens (tertiary/aromatic N) is 4. The summed E-state index contributed by atoms with van der Waals surface area (Å²) in [6.07, 6.45) is 0. The molecule has 2 aliphatic rings. The Morgan fingerprint density at radius 1 is 1.00 bits per heavy atom. The average Bonchev–Trinajstić information content (AvgIpc) is 3.34. The Morgan fingerprint density at radius 3 is 2.45 bits per heavy atom. The van der Waals surface area contributed by atoms with E-state index in [0.29, 0.717) is 63.6 Å². The van der Waals surface area contributed by atoms with E-state index in [1.165, 1.54) is 12.1 Å². The number of hydrogen-bond acceptors (Lipinski definition) is 5. The number of nitrogens with one attached hydrogen (secondary N) is 3. The number of anilines is 1.